The van der Waals surface area contributed by atoms with Crippen LogP contribution in [0.5, 0.6) is 6.01 Å². The number of amides is 1. The Morgan fingerprint density at radius 1 is 1.15 bits per heavy atom. The Morgan fingerprint density at radius 3 is 2.72 bits per heavy atom. The van der Waals surface area contributed by atoms with Crippen LogP contribution in [-0.4, -0.2) is 96.2 Å². The van der Waals surface area contributed by atoms with Gasteiger partial charge < -0.3 is 24.8 Å². The summed E-state index contributed by atoms with van der Waals surface area (Å²) in [4.78, 5) is 31.6. The van der Waals surface area contributed by atoms with Gasteiger partial charge in [-0.25, -0.2) is 0 Å². The van der Waals surface area contributed by atoms with Crippen LogP contribution in [0.3, 0.4) is 0 Å². The molecule has 0 radical (unpaired) electrons. The van der Waals surface area contributed by atoms with E-state index in [0.29, 0.717) is 44.8 Å². The molecule has 1 saturated carbocycles. The summed E-state index contributed by atoms with van der Waals surface area (Å²) in [5.41, 5.74) is 3.18. The first-order valence-corrected chi connectivity index (χ1v) is 16.7. The van der Waals surface area contributed by atoms with E-state index in [-0.39, 0.29) is 23.9 Å². The van der Waals surface area contributed by atoms with E-state index in [1.807, 2.05) is 19.2 Å². The van der Waals surface area contributed by atoms with E-state index in [1.165, 1.54) is 6.08 Å². The summed E-state index contributed by atoms with van der Waals surface area (Å²) in [7, 11) is 2.04. The van der Waals surface area contributed by atoms with Crippen LogP contribution in [0.15, 0.2) is 49.1 Å². The lowest BCUT2D eigenvalue weighted by molar-refractivity contribution is -0.128. The zero-order valence-electron chi connectivity index (χ0n) is 26.4. The van der Waals surface area contributed by atoms with Gasteiger partial charge in [0.15, 0.2) is 0 Å². The number of hydrogen-bond acceptors (Lipinski definition) is 9. The van der Waals surface area contributed by atoms with Crippen molar-refractivity contribution in [2.24, 2.45) is 0 Å². The maximum atomic E-state index is 12.6. The average molecular weight is 641 g/mol. The first-order valence-electron chi connectivity index (χ1n) is 16.3. The topological polar surface area (TPSA) is 101 Å². The summed E-state index contributed by atoms with van der Waals surface area (Å²) in [5, 5.41) is 15.9. The van der Waals surface area contributed by atoms with Gasteiger partial charge in [-0.3, -0.25) is 9.69 Å². The number of ether oxygens (including phenoxy) is 1. The number of benzene rings is 2. The summed E-state index contributed by atoms with van der Waals surface area (Å²) >= 11 is 6.74. The second-order valence-electron chi connectivity index (χ2n) is 13.0. The van der Waals surface area contributed by atoms with E-state index in [2.05, 4.69) is 56.9 Å². The van der Waals surface area contributed by atoms with Gasteiger partial charge in [0.2, 0.25) is 5.91 Å². The molecule has 2 atom stereocenters. The van der Waals surface area contributed by atoms with Gasteiger partial charge in [-0.1, -0.05) is 42.4 Å². The predicted molar refractivity (Wildman–Crippen MR) is 180 cm³/mol. The Labute approximate surface area is 275 Å². The smallest absolute Gasteiger partial charge is 0.318 e. The van der Waals surface area contributed by atoms with Crippen LogP contribution in [0.2, 0.25) is 5.02 Å². The molecule has 3 fully saturated rings. The molecule has 3 aromatic rings. The van der Waals surface area contributed by atoms with Gasteiger partial charge in [-0.15, -0.1) is 0 Å². The minimum Gasteiger partial charge on any atom is -0.461 e. The third-order valence-corrected chi connectivity index (χ3v) is 10.6. The molecule has 1 aliphatic carbocycles. The van der Waals surface area contributed by atoms with E-state index in [0.717, 1.165) is 83.9 Å². The molecule has 1 amide bonds. The Morgan fingerprint density at radius 2 is 1.98 bits per heavy atom. The van der Waals surface area contributed by atoms with Gasteiger partial charge in [-0.2, -0.15) is 15.2 Å². The van der Waals surface area contributed by atoms with Crippen LogP contribution < -0.4 is 19.9 Å². The van der Waals surface area contributed by atoms with Crippen LogP contribution in [-0.2, 0) is 17.8 Å². The van der Waals surface area contributed by atoms with E-state index < -0.39 is 0 Å². The Bertz CT molecular complexity index is 1680. The maximum absolute atomic E-state index is 12.6. The van der Waals surface area contributed by atoms with Gasteiger partial charge in [0.05, 0.1) is 41.3 Å². The van der Waals surface area contributed by atoms with Crippen molar-refractivity contribution in [1.82, 2.24) is 25.1 Å². The average Bonchev–Trinajstić information content (AvgIpc) is 3.72. The number of likely N-dealkylation sites (N-methyl/N-ethyl adjacent to an activating group) is 1. The van der Waals surface area contributed by atoms with Crippen molar-refractivity contribution in [1.29, 1.82) is 5.26 Å². The van der Waals surface area contributed by atoms with Crippen LogP contribution in [0.1, 0.15) is 36.9 Å². The number of nitrogens with zero attached hydrogens (tertiary/aromatic N) is 7. The molecule has 46 heavy (non-hydrogen) atoms. The van der Waals surface area contributed by atoms with E-state index in [1.54, 1.807) is 4.90 Å². The normalized spacial score (nSPS) is 22.4. The third-order valence-electron chi connectivity index (χ3n) is 10.3. The van der Waals surface area contributed by atoms with Crippen molar-refractivity contribution >= 4 is 39.8 Å². The number of halogens is 1. The van der Waals surface area contributed by atoms with Crippen molar-refractivity contribution in [2.75, 3.05) is 62.7 Å². The summed E-state index contributed by atoms with van der Waals surface area (Å²) < 4.78 is 6.51. The van der Waals surface area contributed by atoms with Crippen LogP contribution in [0.4, 0.5) is 11.5 Å². The largest absolute Gasteiger partial charge is 0.461 e. The molecule has 2 aromatic carbocycles. The number of carbonyl (C=O) groups is 1. The molecular weight excluding hydrogens is 600 g/mol. The highest BCUT2D eigenvalue weighted by molar-refractivity contribution is 6.36. The third kappa shape index (κ3) is 5.76. The predicted octanol–water partition coefficient (Wildman–Crippen LogP) is 4.17. The minimum atomic E-state index is -0.248. The lowest BCUT2D eigenvalue weighted by Crippen LogP contribution is -2.55. The molecule has 4 heterocycles. The number of fused-ring (bicyclic) bond motifs is 2. The molecular formula is C35H41ClN8O2. The van der Waals surface area contributed by atoms with E-state index in [9.17, 15) is 10.1 Å². The molecule has 2 saturated heterocycles. The number of carbonyl (C=O) groups excluding carboxylic acids is 1. The number of nitrogens with one attached hydrogen (secondary N) is 1. The Hall–Kier alpha value is -3.91. The minimum absolute atomic E-state index is 0.0470. The van der Waals surface area contributed by atoms with E-state index in [4.69, 9.17) is 26.3 Å². The molecule has 7 rings (SSSR count). The van der Waals surface area contributed by atoms with Crippen molar-refractivity contribution in [2.45, 2.75) is 56.3 Å². The second kappa shape index (κ2) is 12.7. The number of piperazine rings is 1. The second-order valence-corrected chi connectivity index (χ2v) is 13.4. The molecule has 1 aromatic heterocycles. The van der Waals surface area contributed by atoms with Gasteiger partial charge in [0, 0.05) is 61.9 Å². The Kier molecular flexibility index (Phi) is 8.49. The van der Waals surface area contributed by atoms with Crippen LogP contribution >= 0.6 is 11.6 Å². The summed E-state index contributed by atoms with van der Waals surface area (Å²) in [5.74, 6) is 0.709. The van der Waals surface area contributed by atoms with Crippen LogP contribution in [0.25, 0.3) is 10.8 Å². The molecule has 0 spiro atoms. The fraction of sp³-hybridized carbons (Fsp3) is 0.486. The molecule has 11 heteroatoms. The number of rotatable bonds is 9. The first-order chi connectivity index (χ1) is 22.4. The summed E-state index contributed by atoms with van der Waals surface area (Å²) in [6.07, 6.45) is 5.71. The summed E-state index contributed by atoms with van der Waals surface area (Å²) in [6.45, 7) is 9.34. The molecule has 3 aliphatic heterocycles. The number of likely N-dealkylation sites (tertiary alicyclic amines) is 1. The van der Waals surface area contributed by atoms with Crippen molar-refractivity contribution in [3.63, 3.8) is 0 Å². The molecule has 4 aliphatic rings. The van der Waals surface area contributed by atoms with Crippen molar-refractivity contribution < 1.29 is 9.53 Å². The SMILES string of the molecule is C=CC(=O)N1CCN(c2nc(OCC3(N4CCC(NC)C4)CC3)nc3c2CCN(c2cccc4cccc(Cl)c24)C3)C[C@@H]1CC#N. The van der Waals surface area contributed by atoms with Crippen LogP contribution in [0, 0.1) is 11.3 Å². The lowest BCUT2D eigenvalue weighted by Gasteiger charge is -2.42. The lowest BCUT2D eigenvalue weighted by atomic mass is 10.0. The molecule has 240 valence electrons. The zero-order valence-corrected chi connectivity index (χ0v) is 27.2. The molecule has 10 nitrogen and oxygen atoms in total. The van der Waals surface area contributed by atoms with E-state index >= 15 is 0 Å². The molecule has 0 bridgehead atoms. The highest BCUT2D eigenvalue weighted by Gasteiger charge is 2.51. The number of anilines is 2. The number of nitriles is 1. The Balaban J connectivity index is 1.20. The first kappa shape index (κ1) is 30.7. The highest BCUT2D eigenvalue weighted by Crippen LogP contribution is 2.44. The number of aromatic nitrogens is 2. The molecule has 1 unspecified atom stereocenters. The zero-order chi connectivity index (χ0) is 31.8. The summed E-state index contributed by atoms with van der Waals surface area (Å²) in [6, 6.07) is 15.3. The fourth-order valence-corrected chi connectivity index (χ4v) is 7.80. The van der Waals surface area contributed by atoms with Crippen molar-refractivity contribution in [3.05, 3.63) is 65.3 Å². The van der Waals surface area contributed by atoms with Gasteiger partial charge in [-0.05, 0) is 56.3 Å². The fourth-order valence-electron chi connectivity index (χ4n) is 7.52. The standard InChI is InChI=1S/C35H41ClN8O2/c1-3-31(45)44-19-18-42(21-26(44)10-15-37)33-27-12-16-41(30-9-5-7-24-6-4-8-28(36)32(24)30)22-29(27)39-34(40-33)46-23-35(13-14-35)43-17-11-25(20-43)38-2/h3-9,25-26,38H,1,10-14,16-23H2,2H3/t25?,26-/m0/s1. The maximum Gasteiger partial charge on any atom is 0.318 e. The quantitative estimate of drug-likeness (QED) is 0.346. The molecule has 1 N–H and O–H groups in total. The van der Waals surface area contributed by atoms with Gasteiger partial charge in [0.25, 0.3) is 0 Å². The van der Waals surface area contributed by atoms with Gasteiger partial charge in [0.1, 0.15) is 12.4 Å². The van der Waals surface area contributed by atoms with Crippen molar-refractivity contribution in [3.8, 4) is 12.1 Å². The number of hydrogen-bond donors (Lipinski definition) is 1. The van der Waals surface area contributed by atoms with Gasteiger partial charge >= 0.3 is 6.01 Å². The monoisotopic (exact) mass is 640 g/mol. The highest BCUT2D eigenvalue weighted by atomic mass is 35.5.